The Morgan fingerprint density at radius 3 is 2.35 bits per heavy atom. The number of pyridine rings is 1. The number of fused-ring (bicyclic) bond motifs is 1. The van der Waals surface area contributed by atoms with E-state index in [4.69, 9.17) is 4.74 Å². The Kier molecular flexibility index (Phi) is 7.33. The lowest BCUT2D eigenvalue weighted by atomic mass is 9.80. The molecular weight excluding hydrogens is 569 g/mol. The van der Waals surface area contributed by atoms with Crippen molar-refractivity contribution in [2.75, 3.05) is 42.0 Å². The molecule has 6 rings (SSSR count). The van der Waals surface area contributed by atoms with Crippen LogP contribution in [0.5, 0.6) is 5.75 Å². The first-order valence-electron chi connectivity index (χ1n) is 13.8. The van der Waals surface area contributed by atoms with Gasteiger partial charge in [0, 0.05) is 55.4 Å². The van der Waals surface area contributed by atoms with Crippen molar-refractivity contribution in [2.24, 2.45) is 0 Å². The van der Waals surface area contributed by atoms with Gasteiger partial charge in [-0.25, -0.2) is 17.1 Å². The molecule has 0 spiro atoms. The van der Waals surface area contributed by atoms with Crippen molar-refractivity contribution in [3.8, 4) is 11.8 Å². The number of carbonyl (C=O) groups excluding carboxylic acids is 1. The highest BCUT2D eigenvalue weighted by atomic mass is 32.2. The average Bonchev–Trinajstić information content (AvgIpc) is 3.30. The molecule has 0 aliphatic carbocycles. The second-order valence-electron chi connectivity index (χ2n) is 10.2. The third kappa shape index (κ3) is 4.50. The van der Waals surface area contributed by atoms with Gasteiger partial charge in [-0.05, 0) is 55.5 Å². The van der Waals surface area contributed by atoms with Crippen LogP contribution in [0.15, 0.2) is 96.2 Å². The number of nitriles is 1. The third-order valence-electron chi connectivity index (χ3n) is 7.94. The molecule has 2 aliphatic heterocycles. The number of anilines is 2. The van der Waals surface area contributed by atoms with E-state index in [2.05, 4.69) is 16.0 Å². The van der Waals surface area contributed by atoms with E-state index < -0.39 is 32.2 Å². The highest BCUT2D eigenvalue weighted by Gasteiger charge is 2.60. The predicted octanol–water partition coefficient (Wildman–Crippen LogP) is 4.29. The Morgan fingerprint density at radius 2 is 1.65 bits per heavy atom. The predicted molar refractivity (Wildman–Crippen MR) is 159 cm³/mol. The number of carbonyl (C=O) groups is 1. The molecule has 1 atom stereocenters. The van der Waals surface area contributed by atoms with Crippen molar-refractivity contribution in [2.45, 2.75) is 17.4 Å². The van der Waals surface area contributed by atoms with E-state index in [-0.39, 0.29) is 11.3 Å². The first-order valence-corrected chi connectivity index (χ1v) is 15.3. The van der Waals surface area contributed by atoms with E-state index in [1.165, 1.54) is 24.3 Å². The molecule has 1 fully saturated rings. The lowest BCUT2D eigenvalue weighted by molar-refractivity contribution is -0.127. The highest BCUT2D eigenvalue weighted by Crippen LogP contribution is 2.53. The van der Waals surface area contributed by atoms with Gasteiger partial charge in [0.15, 0.2) is 5.54 Å². The molecule has 43 heavy (non-hydrogen) atoms. The molecule has 0 N–H and O–H groups in total. The molecule has 3 heterocycles. The zero-order valence-corrected chi connectivity index (χ0v) is 24.2. The van der Waals surface area contributed by atoms with Gasteiger partial charge in [0.2, 0.25) is 0 Å². The molecule has 0 saturated carbocycles. The third-order valence-corrected chi connectivity index (χ3v) is 9.67. The Bertz CT molecular complexity index is 1840. The van der Waals surface area contributed by atoms with E-state index in [1.54, 1.807) is 42.7 Å². The zero-order valence-electron chi connectivity index (χ0n) is 23.4. The molecule has 0 radical (unpaired) electrons. The number of piperazine rings is 1. The molecular formula is C32H28FN5O4S. The number of rotatable bonds is 7. The van der Waals surface area contributed by atoms with Crippen LogP contribution in [0.2, 0.25) is 0 Å². The van der Waals surface area contributed by atoms with Gasteiger partial charge < -0.3 is 9.64 Å². The van der Waals surface area contributed by atoms with Crippen LogP contribution in [0.3, 0.4) is 0 Å². The molecule has 2 aliphatic rings. The van der Waals surface area contributed by atoms with Gasteiger partial charge in [-0.2, -0.15) is 5.26 Å². The Morgan fingerprint density at radius 1 is 0.953 bits per heavy atom. The highest BCUT2D eigenvalue weighted by molar-refractivity contribution is 7.93. The van der Waals surface area contributed by atoms with Crippen molar-refractivity contribution < 1.29 is 22.3 Å². The van der Waals surface area contributed by atoms with E-state index in [0.29, 0.717) is 54.0 Å². The number of hydrogen-bond acceptors (Lipinski definition) is 8. The van der Waals surface area contributed by atoms with Crippen LogP contribution < -0.4 is 13.9 Å². The summed E-state index contributed by atoms with van der Waals surface area (Å²) >= 11 is 0. The number of amides is 1. The topological polar surface area (TPSA) is 107 Å². The number of aromatic nitrogens is 1. The minimum absolute atomic E-state index is 0.0649. The Labute approximate surface area is 249 Å². The van der Waals surface area contributed by atoms with Crippen LogP contribution in [0.1, 0.15) is 23.6 Å². The molecule has 11 heteroatoms. The minimum Gasteiger partial charge on any atom is -0.493 e. The van der Waals surface area contributed by atoms with Crippen LogP contribution >= 0.6 is 0 Å². The second-order valence-corrected chi connectivity index (χ2v) is 11.9. The van der Waals surface area contributed by atoms with Crippen molar-refractivity contribution in [3.05, 3.63) is 114 Å². The smallest absolute Gasteiger partial charge is 0.273 e. The fourth-order valence-corrected chi connectivity index (χ4v) is 7.60. The fraction of sp³-hybridized carbons (Fsp3) is 0.219. The van der Waals surface area contributed by atoms with Crippen LogP contribution in [-0.2, 0) is 20.4 Å². The average molecular weight is 598 g/mol. The Balaban J connectivity index is 1.58. The summed E-state index contributed by atoms with van der Waals surface area (Å²) in [4.78, 5) is 22.6. The minimum atomic E-state index is -4.71. The fourth-order valence-electron chi connectivity index (χ4n) is 6.07. The van der Waals surface area contributed by atoms with Crippen molar-refractivity contribution in [1.82, 2.24) is 9.88 Å². The van der Waals surface area contributed by atoms with Crippen LogP contribution in [0.4, 0.5) is 15.8 Å². The van der Waals surface area contributed by atoms with Gasteiger partial charge in [-0.15, -0.1) is 0 Å². The van der Waals surface area contributed by atoms with E-state index in [1.807, 2.05) is 24.0 Å². The number of halogens is 1. The van der Waals surface area contributed by atoms with Crippen molar-refractivity contribution in [3.63, 3.8) is 0 Å². The van der Waals surface area contributed by atoms with E-state index in [0.717, 1.165) is 17.8 Å². The van der Waals surface area contributed by atoms with Gasteiger partial charge in [0.05, 0.1) is 23.9 Å². The second kappa shape index (κ2) is 11.1. The maximum atomic E-state index is 15.0. The number of sulfonamides is 1. The van der Waals surface area contributed by atoms with Gasteiger partial charge >= 0.3 is 0 Å². The number of ether oxygens (including phenoxy) is 1. The van der Waals surface area contributed by atoms with Gasteiger partial charge in [-0.3, -0.25) is 14.7 Å². The van der Waals surface area contributed by atoms with Crippen LogP contribution in [0, 0.1) is 17.1 Å². The molecule has 1 saturated heterocycles. The summed E-state index contributed by atoms with van der Waals surface area (Å²) in [5.74, 6) is -1.35. The number of benzene rings is 3. The quantitative estimate of drug-likeness (QED) is 0.311. The molecule has 1 aromatic heterocycles. The summed E-state index contributed by atoms with van der Waals surface area (Å²) in [6.45, 7) is 3.94. The maximum absolute atomic E-state index is 15.0. The standard InChI is InChI=1S/C32H28FN5O4S/c1-2-42-29-9-5-3-7-25(29)32(37-19-17-36(18-20-37)24-13-15-35-16-14-24)26-21-23(22-34)11-12-28(26)38(31(32)39)43(40,41)30-10-6-4-8-27(30)33/h3-16,21H,2,17-20H2,1H3. The molecule has 0 bridgehead atoms. The monoisotopic (exact) mass is 597 g/mol. The maximum Gasteiger partial charge on any atom is 0.273 e. The summed E-state index contributed by atoms with van der Waals surface area (Å²) < 4.78 is 50.0. The van der Waals surface area contributed by atoms with E-state index >= 15 is 4.79 Å². The summed E-state index contributed by atoms with van der Waals surface area (Å²) in [6, 6.07) is 22.4. The molecule has 218 valence electrons. The number of nitrogens with zero attached hydrogens (tertiary/aromatic N) is 5. The SMILES string of the molecule is CCOc1ccccc1C1(N2CCN(c3ccncc3)CC2)C(=O)N(S(=O)(=O)c2ccccc2F)c2ccc(C#N)cc21. The first kappa shape index (κ1) is 28.3. The lowest BCUT2D eigenvalue weighted by Crippen LogP contribution is -2.60. The summed E-state index contributed by atoms with van der Waals surface area (Å²) in [6.07, 6.45) is 3.43. The van der Waals surface area contributed by atoms with Crippen LogP contribution in [0.25, 0.3) is 0 Å². The molecule has 1 amide bonds. The van der Waals surface area contributed by atoms with Gasteiger partial charge in [0.1, 0.15) is 16.5 Å². The molecule has 1 unspecified atom stereocenters. The molecule has 4 aromatic rings. The number of hydrogen-bond donors (Lipinski definition) is 0. The zero-order chi connectivity index (χ0) is 30.2. The summed E-state index contributed by atoms with van der Waals surface area (Å²) in [5.41, 5.74) is 0.381. The number of para-hydroxylation sites is 1. The van der Waals surface area contributed by atoms with Crippen LogP contribution in [-0.4, -0.2) is 57.0 Å². The summed E-state index contributed by atoms with van der Waals surface area (Å²) in [5, 5.41) is 9.86. The van der Waals surface area contributed by atoms with Gasteiger partial charge in [-0.1, -0.05) is 30.3 Å². The summed E-state index contributed by atoms with van der Waals surface area (Å²) in [7, 11) is -4.71. The largest absolute Gasteiger partial charge is 0.493 e. The van der Waals surface area contributed by atoms with Gasteiger partial charge in [0.25, 0.3) is 15.9 Å². The van der Waals surface area contributed by atoms with E-state index in [9.17, 15) is 18.1 Å². The lowest BCUT2D eigenvalue weighted by Gasteiger charge is -2.46. The van der Waals surface area contributed by atoms with Crippen molar-refractivity contribution in [1.29, 1.82) is 5.26 Å². The Hall–Kier alpha value is -4.79. The molecule has 3 aromatic carbocycles. The van der Waals surface area contributed by atoms with Crippen molar-refractivity contribution >= 4 is 27.3 Å². The normalized spacial score (nSPS) is 18.8. The molecule has 9 nitrogen and oxygen atoms in total. The first-order chi connectivity index (χ1) is 20.8.